The van der Waals surface area contributed by atoms with Crippen molar-refractivity contribution in [3.05, 3.63) is 77.3 Å². The minimum absolute atomic E-state index is 0.881. The molecule has 3 heteroatoms. The van der Waals surface area contributed by atoms with Gasteiger partial charge in [-0.15, -0.1) is 0 Å². The third-order valence-corrected chi connectivity index (χ3v) is 23.4. The zero-order valence-corrected chi connectivity index (χ0v) is 17.0. The van der Waals surface area contributed by atoms with Crippen LogP contribution in [0.2, 0.25) is 0 Å². The van der Waals surface area contributed by atoms with E-state index in [-0.39, 0.29) is 0 Å². The fourth-order valence-corrected chi connectivity index (χ4v) is 14.0. The molecule has 2 aliphatic rings. The van der Waals surface area contributed by atoms with Crippen molar-refractivity contribution in [3.63, 3.8) is 0 Å². The Hall–Kier alpha value is -0.747. The molecule has 2 aromatic carbocycles. The topological polar surface area (TPSA) is 0 Å². The van der Waals surface area contributed by atoms with Crippen LogP contribution >= 0.6 is 17.0 Å². The Labute approximate surface area is 145 Å². The van der Waals surface area contributed by atoms with Gasteiger partial charge in [0.15, 0.2) is 0 Å². The van der Waals surface area contributed by atoms with Gasteiger partial charge in [0.1, 0.15) is 0 Å². The second kappa shape index (κ2) is 5.38. The molecule has 0 aromatic heterocycles. The summed E-state index contributed by atoms with van der Waals surface area (Å²) in [5.74, 6) is 0. The first-order valence-corrected chi connectivity index (χ1v) is 18.2. The van der Waals surface area contributed by atoms with Crippen molar-refractivity contribution >= 4 is 32.9 Å². The molecule has 0 radical (unpaired) electrons. The van der Waals surface area contributed by atoms with Gasteiger partial charge in [0, 0.05) is 0 Å². The summed E-state index contributed by atoms with van der Waals surface area (Å²) in [5.41, 5.74) is 5.20. The fourth-order valence-electron chi connectivity index (χ4n) is 3.73. The van der Waals surface area contributed by atoms with Gasteiger partial charge < -0.3 is 0 Å². The van der Waals surface area contributed by atoms with Gasteiger partial charge in [-0.25, -0.2) is 0 Å². The number of rotatable bonds is 2. The molecule has 0 N–H and O–H groups in total. The van der Waals surface area contributed by atoms with Gasteiger partial charge in [0.25, 0.3) is 0 Å². The van der Waals surface area contributed by atoms with Crippen LogP contribution in [0.15, 0.2) is 55.1 Å². The predicted octanol–water partition coefficient (Wildman–Crippen LogP) is 6.00. The molecule has 0 aliphatic heterocycles. The standard InChI is InChI=1S/2C9H7.C2H4.2ClH.Zr/c2*1-2-5-9-7-3-6-8(9)4-1;1-2;;;/h2*1-2,4-6H,7H2;1H,2H3;2*1H;/q;;;;;+2/p-2. The molecule has 4 rings (SSSR count). The summed E-state index contributed by atoms with van der Waals surface area (Å²) in [6, 6.07) is 17.0. The van der Waals surface area contributed by atoms with Crippen LogP contribution in [0.4, 0.5) is 0 Å². The van der Waals surface area contributed by atoms with Crippen LogP contribution in [-0.2, 0) is 28.8 Å². The minimum atomic E-state index is -4.26. The Balaban J connectivity index is 1.83. The summed E-state index contributed by atoms with van der Waals surface area (Å²) in [7, 11) is 14.7. The summed E-state index contributed by atoms with van der Waals surface area (Å²) in [4.78, 5) is 0. The quantitative estimate of drug-likeness (QED) is 0.559. The van der Waals surface area contributed by atoms with Gasteiger partial charge in [-0.2, -0.15) is 0 Å². The summed E-state index contributed by atoms with van der Waals surface area (Å²) < 4.78 is 4.63. The van der Waals surface area contributed by atoms with E-state index in [2.05, 4.69) is 64.4 Å². The van der Waals surface area contributed by atoms with Gasteiger partial charge in [-0.05, 0) is 0 Å². The maximum atomic E-state index is 7.35. The van der Waals surface area contributed by atoms with Crippen molar-refractivity contribution in [3.8, 4) is 0 Å². The van der Waals surface area contributed by atoms with Crippen LogP contribution in [-0.4, -0.2) is 3.71 Å². The van der Waals surface area contributed by atoms with Crippen molar-refractivity contribution in [2.75, 3.05) is 0 Å². The van der Waals surface area contributed by atoms with Crippen molar-refractivity contribution < 1.29 is 15.9 Å². The monoisotopic (exact) mass is 418 g/mol. The van der Waals surface area contributed by atoms with Gasteiger partial charge >= 0.3 is 146 Å². The maximum absolute atomic E-state index is 7.35. The van der Waals surface area contributed by atoms with Gasteiger partial charge in [0.2, 0.25) is 0 Å². The number of fused-ring (bicyclic) bond motifs is 2. The summed E-state index contributed by atoms with van der Waals surface area (Å²) in [6.07, 6.45) is 6.24. The molecule has 23 heavy (non-hydrogen) atoms. The molecule has 0 amide bonds. The third-order valence-electron chi connectivity index (χ3n) is 5.22. The van der Waals surface area contributed by atoms with Crippen molar-refractivity contribution in [1.82, 2.24) is 0 Å². The molecule has 2 aliphatic carbocycles. The normalized spacial score (nSPS) is 16.5. The summed E-state index contributed by atoms with van der Waals surface area (Å²) >= 11 is -4.26. The number of hydrogen-bond donors (Lipinski definition) is 0. The SMILES string of the molecule is C[CH]=[Zr]([Cl])([Cl])([C]1=Cc2ccccc2C1)[C]1=Cc2ccccc2C1. The molecule has 0 nitrogen and oxygen atoms in total. The van der Waals surface area contributed by atoms with Gasteiger partial charge in [-0.3, -0.25) is 0 Å². The van der Waals surface area contributed by atoms with Gasteiger partial charge in [-0.1, -0.05) is 0 Å². The van der Waals surface area contributed by atoms with Crippen LogP contribution in [0.1, 0.15) is 29.2 Å². The average molecular weight is 420 g/mol. The number of allylic oxidation sites excluding steroid dienone is 2. The average Bonchev–Trinajstić information content (AvgIpc) is 3.20. The van der Waals surface area contributed by atoms with E-state index >= 15 is 0 Å². The molecule has 2 aromatic rings. The molecule has 0 atom stereocenters. The van der Waals surface area contributed by atoms with Crippen LogP contribution < -0.4 is 0 Å². The molecule has 0 bridgehead atoms. The molecule has 0 saturated carbocycles. The Morgan fingerprint density at radius 3 is 1.61 bits per heavy atom. The van der Waals surface area contributed by atoms with Crippen LogP contribution in [0, 0.1) is 0 Å². The van der Waals surface area contributed by atoms with E-state index in [0.717, 1.165) is 12.8 Å². The second-order valence-corrected chi connectivity index (χ2v) is 26.8. The Morgan fingerprint density at radius 1 is 0.783 bits per heavy atom. The number of halogens is 2. The van der Waals surface area contributed by atoms with E-state index in [0.29, 0.717) is 0 Å². The number of benzene rings is 2. The van der Waals surface area contributed by atoms with Gasteiger partial charge in [0.05, 0.1) is 0 Å². The van der Waals surface area contributed by atoms with E-state index in [9.17, 15) is 0 Å². The molecule has 0 saturated heterocycles. The fraction of sp³-hybridized carbons (Fsp3) is 0.150. The first kappa shape index (κ1) is 15.8. The number of hydrogen-bond acceptors (Lipinski definition) is 0. The van der Waals surface area contributed by atoms with Crippen LogP contribution in [0.25, 0.3) is 12.2 Å². The zero-order valence-electron chi connectivity index (χ0n) is 13.0. The molecule has 0 spiro atoms. The first-order valence-electron chi connectivity index (χ1n) is 7.97. The van der Waals surface area contributed by atoms with E-state index < -0.39 is 15.9 Å². The first-order chi connectivity index (χ1) is 11.0. The van der Waals surface area contributed by atoms with E-state index in [1.54, 1.807) is 0 Å². The molecule has 0 unspecified atom stereocenters. The van der Waals surface area contributed by atoms with E-state index in [1.165, 1.54) is 28.8 Å². The summed E-state index contributed by atoms with van der Waals surface area (Å²) in [6.45, 7) is 2.04. The predicted molar refractivity (Wildman–Crippen MR) is 99.7 cm³/mol. The molecule has 0 fully saturated rings. The van der Waals surface area contributed by atoms with Crippen molar-refractivity contribution in [1.29, 1.82) is 0 Å². The molecule has 0 heterocycles. The molecular formula is C20H18Cl2Zr. The zero-order chi connectivity index (χ0) is 16.1. The van der Waals surface area contributed by atoms with E-state index in [4.69, 9.17) is 17.0 Å². The van der Waals surface area contributed by atoms with Crippen LogP contribution in [0.3, 0.4) is 0 Å². The molecule has 116 valence electrons. The second-order valence-electron chi connectivity index (χ2n) is 6.46. The van der Waals surface area contributed by atoms with E-state index in [1.807, 2.05) is 6.92 Å². The van der Waals surface area contributed by atoms with Crippen molar-refractivity contribution in [2.24, 2.45) is 0 Å². The third kappa shape index (κ3) is 2.40. The van der Waals surface area contributed by atoms with Crippen LogP contribution in [0.5, 0.6) is 0 Å². The van der Waals surface area contributed by atoms with Crippen molar-refractivity contribution in [2.45, 2.75) is 19.8 Å². The Morgan fingerprint density at radius 2 is 1.22 bits per heavy atom. The Kier molecular flexibility index (Phi) is 3.69. The molecular weight excluding hydrogens is 402 g/mol. The summed E-state index contributed by atoms with van der Waals surface area (Å²) in [5, 5.41) is 0. The Bertz CT molecular complexity index is 872.